The predicted octanol–water partition coefficient (Wildman–Crippen LogP) is 1.40. The summed E-state index contributed by atoms with van der Waals surface area (Å²) in [5.74, 6) is 0.143. The molecular weight excluding hydrogens is 205 g/mol. The molecule has 1 aliphatic heterocycles. The van der Waals surface area contributed by atoms with E-state index in [1.807, 2.05) is 4.90 Å². The van der Waals surface area contributed by atoms with Gasteiger partial charge in [0.1, 0.15) is 11.7 Å². The first kappa shape index (κ1) is 11.1. The van der Waals surface area contributed by atoms with Gasteiger partial charge in [-0.2, -0.15) is 0 Å². The van der Waals surface area contributed by atoms with Gasteiger partial charge >= 0.3 is 0 Å². The van der Waals surface area contributed by atoms with Crippen LogP contribution < -0.4 is 0 Å². The van der Waals surface area contributed by atoms with Crippen LogP contribution in [0.3, 0.4) is 0 Å². The van der Waals surface area contributed by atoms with Crippen molar-refractivity contribution in [2.45, 2.75) is 0 Å². The van der Waals surface area contributed by atoms with Gasteiger partial charge in [0.2, 0.25) is 0 Å². The van der Waals surface area contributed by atoms with Gasteiger partial charge in [-0.3, -0.25) is 5.41 Å². The molecule has 0 unspecified atom stereocenters. The van der Waals surface area contributed by atoms with Gasteiger partial charge < -0.3 is 9.80 Å². The van der Waals surface area contributed by atoms with Crippen molar-refractivity contribution in [3.05, 3.63) is 35.6 Å². The number of rotatable bonds is 1. The van der Waals surface area contributed by atoms with Crippen LogP contribution in [0.1, 0.15) is 5.56 Å². The second-order valence-electron chi connectivity index (χ2n) is 4.15. The Morgan fingerprint density at radius 1 is 1.25 bits per heavy atom. The van der Waals surface area contributed by atoms with Gasteiger partial charge in [0.25, 0.3) is 0 Å². The molecular formula is C12H16FN3. The fraction of sp³-hybridized carbons (Fsp3) is 0.417. The van der Waals surface area contributed by atoms with Crippen LogP contribution in [0, 0.1) is 11.2 Å². The Morgan fingerprint density at radius 2 is 1.94 bits per heavy atom. The summed E-state index contributed by atoms with van der Waals surface area (Å²) >= 11 is 0. The molecule has 3 nitrogen and oxygen atoms in total. The minimum Gasteiger partial charge on any atom is -0.354 e. The van der Waals surface area contributed by atoms with E-state index in [0.29, 0.717) is 11.4 Å². The molecule has 0 aliphatic carbocycles. The smallest absolute Gasteiger partial charge is 0.128 e. The SMILES string of the molecule is CN1CCN(C(=N)c2cccc(F)c2)CC1. The van der Waals surface area contributed by atoms with E-state index in [0.717, 1.165) is 26.2 Å². The quantitative estimate of drug-likeness (QED) is 0.574. The Balaban J connectivity index is 2.08. The highest BCUT2D eigenvalue weighted by Crippen LogP contribution is 2.09. The molecule has 16 heavy (non-hydrogen) atoms. The van der Waals surface area contributed by atoms with Crippen LogP contribution in [0.2, 0.25) is 0 Å². The molecule has 1 aliphatic rings. The molecule has 1 fully saturated rings. The van der Waals surface area contributed by atoms with Gasteiger partial charge in [-0.15, -0.1) is 0 Å². The third-order valence-corrected chi connectivity index (χ3v) is 2.92. The van der Waals surface area contributed by atoms with Gasteiger partial charge in [0.15, 0.2) is 0 Å². The Kier molecular flexibility index (Phi) is 3.19. The normalized spacial score (nSPS) is 17.5. The molecule has 86 valence electrons. The first-order chi connectivity index (χ1) is 7.66. The van der Waals surface area contributed by atoms with Crippen LogP contribution in [-0.4, -0.2) is 48.9 Å². The largest absolute Gasteiger partial charge is 0.354 e. The molecule has 1 aromatic carbocycles. The summed E-state index contributed by atoms with van der Waals surface area (Å²) in [6, 6.07) is 6.25. The van der Waals surface area contributed by atoms with Gasteiger partial charge in [0.05, 0.1) is 0 Å². The number of hydrogen-bond donors (Lipinski definition) is 1. The van der Waals surface area contributed by atoms with Crippen molar-refractivity contribution in [3.63, 3.8) is 0 Å². The van der Waals surface area contributed by atoms with Gasteiger partial charge in [0, 0.05) is 31.7 Å². The Bertz CT molecular complexity index is 384. The van der Waals surface area contributed by atoms with Gasteiger partial charge in [-0.05, 0) is 19.2 Å². The molecule has 0 atom stereocenters. The van der Waals surface area contributed by atoms with Crippen LogP contribution in [0.5, 0.6) is 0 Å². The molecule has 4 heteroatoms. The summed E-state index contributed by atoms with van der Waals surface area (Å²) < 4.78 is 13.0. The number of amidine groups is 1. The summed E-state index contributed by atoms with van der Waals surface area (Å²) in [5, 5.41) is 8.03. The summed E-state index contributed by atoms with van der Waals surface area (Å²) in [5.41, 5.74) is 0.657. The maximum atomic E-state index is 13.0. The fourth-order valence-corrected chi connectivity index (χ4v) is 1.85. The molecule has 1 heterocycles. The fourth-order valence-electron chi connectivity index (χ4n) is 1.85. The Hall–Kier alpha value is -1.42. The highest BCUT2D eigenvalue weighted by Gasteiger charge is 2.17. The monoisotopic (exact) mass is 221 g/mol. The number of halogens is 1. The van der Waals surface area contributed by atoms with Crippen molar-refractivity contribution in [2.24, 2.45) is 0 Å². The molecule has 0 aromatic heterocycles. The van der Waals surface area contributed by atoms with E-state index in [1.165, 1.54) is 12.1 Å². The van der Waals surface area contributed by atoms with Gasteiger partial charge in [-0.1, -0.05) is 12.1 Å². The second-order valence-corrected chi connectivity index (χ2v) is 4.15. The average Bonchev–Trinajstić information content (AvgIpc) is 2.29. The summed E-state index contributed by atoms with van der Waals surface area (Å²) in [7, 11) is 2.07. The molecule has 1 N–H and O–H groups in total. The average molecular weight is 221 g/mol. The van der Waals surface area contributed by atoms with Crippen LogP contribution in [-0.2, 0) is 0 Å². The first-order valence-electron chi connectivity index (χ1n) is 5.45. The summed E-state index contributed by atoms with van der Waals surface area (Å²) in [6.07, 6.45) is 0. The lowest BCUT2D eigenvalue weighted by molar-refractivity contribution is 0.215. The van der Waals surface area contributed by atoms with Crippen LogP contribution >= 0.6 is 0 Å². The molecule has 1 aromatic rings. The van der Waals surface area contributed by atoms with Crippen molar-refractivity contribution in [1.29, 1.82) is 5.41 Å². The second kappa shape index (κ2) is 4.61. The third kappa shape index (κ3) is 2.39. The first-order valence-corrected chi connectivity index (χ1v) is 5.45. The molecule has 0 spiro atoms. The minimum atomic E-state index is -0.281. The number of likely N-dealkylation sites (N-methyl/N-ethyl adjacent to an activating group) is 1. The number of piperazine rings is 1. The number of nitrogens with one attached hydrogen (secondary N) is 1. The zero-order chi connectivity index (χ0) is 11.5. The Labute approximate surface area is 95.0 Å². The highest BCUT2D eigenvalue weighted by molar-refractivity contribution is 5.96. The lowest BCUT2D eigenvalue weighted by Gasteiger charge is -2.34. The van der Waals surface area contributed by atoms with E-state index >= 15 is 0 Å². The lowest BCUT2D eigenvalue weighted by atomic mass is 10.1. The molecule has 0 radical (unpaired) electrons. The number of hydrogen-bond acceptors (Lipinski definition) is 2. The molecule has 1 saturated heterocycles. The molecule has 0 amide bonds. The van der Waals surface area contributed by atoms with E-state index in [9.17, 15) is 4.39 Å². The number of nitrogens with zero attached hydrogens (tertiary/aromatic N) is 2. The zero-order valence-electron chi connectivity index (χ0n) is 9.41. The van der Waals surface area contributed by atoms with E-state index in [4.69, 9.17) is 5.41 Å². The maximum Gasteiger partial charge on any atom is 0.128 e. The lowest BCUT2D eigenvalue weighted by Crippen LogP contribution is -2.47. The van der Waals surface area contributed by atoms with Crippen molar-refractivity contribution in [1.82, 2.24) is 9.80 Å². The van der Waals surface area contributed by atoms with E-state index in [2.05, 4.69) is 11.9 Å². The summed E-state index contributed by atoms with van der Waals surface area (Å²) in [4.78, 5) is 4.23. The standard InChI is InChI=1S/C12H16FN3/c1-15-5-7-16(8-6-15)12(14)10-3-2-4-11(13)9-10/h2-4,9,14H,5-8H2,1H3. The van der Waals surface area contributed by atoms with Crippen LogP contribution in [0.4, 0.5) is 4.39 Å². The van der Waals surface area contributed by atoms with E-state index in [-0.39, 0.29) is 5.82 Å². The van der Waals surface area contributed by atoms with Crippen molar-refractivity contribution in [3.8, 4) is 0 Å². The van der Waals surface area contributed by atoms with Crippen molar-refractivity contribution in [2.75, 3.05) is 33.2 Å². The van der Waals surface area contributed by atoms with Crippen molar-refractivity contribution < 1.29 is 4.39 Å². The molecule has 0 bridgehead atoms. The topological polar surface area (TPSA) is 30.3 Å². The van der Waals surface area contributed by atoms with E-state index < -0.39 is 0 Å². The number of benzene rings is 1. The van der Waals surface area contributed by atoms with E-state index in [1.54, 1.807) is 12.1 Å². The third-order valence-electron chi connectivity index (χ3n) is 2.92. The highest BCUT2D eigenvalue weighted by atomic mass is 19.1. The van der Waals surface area contributed by atoms with Gasteiger partial charge in [-0.25, -0.2) is 4.39 Å². The summed E-state index contributed by atoms with van der Waals surface area (Å²) in [6.45, 7) is 3.59. The minimum absolute atomic E-state index is 0.281. The molecule has 2 rings (SSSR count). The van der Waals surface area contributed by atoms with Crippen LogP contribution in [0.25, 0.3) is 0 Å². The van der Waals surface area contributed by atoms with Crippen LogP contribution in [0.15, 0.2) is 24.3 Å². The Morgan fingerprint density at radius 3 is 2.56 bits per heavy atom. The maximum absolute atomic E-state index is 13.0. The zero-order valence-corrected chi connectivity index (χ0v) is 9.41. The van der Waals surface area contributed by atoms with Crippen molar-refractivity contribution >= 4 is 5.84 Å². The predicted molar refractivity (Wildman–Crippen MR) is 62.3 cm³/mol. The molecule has 0 saturated carbocycles.